The molecule has 1 aromatic heterocycles. The largest absolute Gasteiger partial charge is 0.351 e. The molecule has 0 bridgehead atoms. The smallest absolute Gasteiger partial charge is 0.224 e. The topological polar surface area (TPSA) is 35.6 Å². The molecule has 0 aliphatic carbocycles. The molecule has 0 spiro atoms. The minimum Gasteiger partial charge on any atom is -0.351 e. The van der Waals surface area contributed by atoms with Gasteiger partial charge in [-0.1, -0.05) is 25.1 Å². The van der Waals surface area contributed by atoms with E-state index in [4.69, 9.17) is 0 Å². The fourth-order valence-electron chi connectivity index (χ4n) is 3.73. The predicted octanol–water partition coefficient (Wildman–Crippen LogP) is 3.31. The maximum absolute atomic E-state index is 13.0. The molecule has 1 fully saturated rings. The summed E-state index contributed by atoms with van der Waals surface area (Å²) in [6, 6.07) is 10.5. The molecular weight excluding hydrogens is 361 g/mol. The normalized spacial score (nSPS) is 18.2. The van der Waals surface area contributed by atoms with Crippen LogP contribution in [0.1, 0.15) is 30.3 Å². The molecule has 0 radical (unpaired) electrons. The van der Waals surface area contributed by atoms with E-state index in [1.165, 1.54) is 17.0 Å². The number of hydrogen-bond donors (Lipinski definition) is 1. The Kier molecular flexibility index (Phi) is 6.99. The molecule has 6 heteroatoms. The zero-order valence-electron chi connectivity index (χ0n) is 16.0. The summed E-state index contributed by atoms with van der Waals surface area (Å²) in [7, 11) is 0. The third-order valence-corrected chi connectivity index (χ3v) is 6.17. The van der Waals surface area contributed by atoms with Crippen molar-refractivity contribution in [2.75, 3.05) is 32.7 Å². The second-order valence-corrected chi connectivity index (χ2v) is 8.07. The van der Waals surface area contributed by atoms with Crippen LogP contribution >= 0.6 is 11.3 Å². The van der Waals surface area contributed by atoms with E-state index in [9.17, 15) is 9.18 Å². The van der Waals surface area contributed by atoms with Crippen molar-refractivity contribution < 1.29 is 9.18 Å². The van der Waals surface area contributed by atoms with Gasteiger partial charge >= 0.3 is 0 Å². The summed E-state index contributed by atoms with van der Waals surface area (Å²) >= 11 is 1.74. The summed E-state index contributed by atoms with van der Waals surface area (Å²) in [6.07, 6.45) is 0.269. The van der Waals surface area contributed by atoms with E-state index < -0.39 is 0 Å². The van der Waals surface area contributed by atoms with Crippen molar-refractivity contribution in [1.82, 2.24) is 15.1 Å². The molecule has 27 heavy (non-hydrogen) atoms. The minimum absolute atomic E-state index is 0.00442. The van der Waals surface area contributed by atoms with Gasteiger partial charge in [-0.05, 0) is 42.6 Å². The number of piperazine rings is 1. The standard InChI is InChI=1S/C21H28FN3OS/c1-3-24-10-12-25(13-11-24)21(19-5-4-14-27-19)16(2)23-20(26)15-17-6-8-18(22)9-7-17/h4-9,14,16,21H,3,10-13,15H2,1-2H3,(H,23,26)/t16-,21-/m1/s1. The van der Waals surface area contributed by atoms with Gasteiger partial charge in [-0.25, -0.2) is 4.39 Å². The van der Waals surface area contributed by atoms with Gasteiger partial charge in [-0.2, -0.15) is 0 Å². The van der Waals surface area contributed by atoms with Gasteiger partial charge in [0.2, 0.25) is 5.91 Å². The van der Waals surface area contributed by atoms with E-state index in [-0.39, 0.29) is 30.2 Å². The molecule has 1 aliphatic heterocycles. The molecule has 0 unspecified atom stereocenters. The monoisotopic (exact) mass is 389 g/mol. The summed E-state index contributed by atoms with van der Waals surface area (Å²) in [4.78, 5) is 18.8. The first-order chi connectivity index (χ1) is 13.1. The molecule has 2 aromatic rings. The molecule has 4 nitrogen and oxygen atoms in total. The van der Waals surface area contributed by atoms with Crippen molar-refractivity contribution in [3.05, 3.63) is 58.0 Å². The highest BCUT2D eigenvalue weighted by atomic mass is 32.1. The average Bonchev–Trinajstić information content (AvgIpc) is 3.18. The Morgan fingerprint density at radius 2 is 1.89 bits per heavy atom. The van der Waals surface area contributed by atoms with Crippen molar-refractivity contribution in [3.63, 3.8) is 0 Å². The number of halogens is 1. The highest BCUT2D eigenvalue weighted by Gasteiger charge is 2.30. The second-order valence-electron chi connectivity index (χ2n) is 7.09. The van der Waals surface area contributed by atoms with Gasteiger partial charge < -0.3 is 10.2 Å². The van der Waals surface area contributed by atoms with Crippen LogP contribution in [0.25, 0.3) is 0 Å². The van der Waals surface area contributed by atoms with E-state index in [1.807, 2.05) is 0 Å². The van der Waals surface area contributed by atoms with Gasteiger partial charge in [0.15, 0.2) is 0 Å². The molecule has 2 heterocycles. The van der Waals surface area contributed by atoms with Crippen molar-refractivity contribution in [2.24, 2.45) is 0 Å². The van der Waals surface area contributed by atoms with Gasteiger partial charge in [0.25, 0.3) is 0 Å². The van der Waals surface area contributed by atoms with Gasteiger partial charge in [0.1, 0.15) is 5.82 Å². The summed E-state index contributed by atoms with van der Waals surface area (Å²) in [5.74, 6) is -0.306. The van der Waals surface area contributed by atoms with Gasteiger partial charge in [0.05, 0.1) is 12.5 Å². The average molecular weight is 390 g/mol. The Morgan fingerprint density at radius 3 is 2.48 bits per heavy atom. The lowest BCUT2D eigenvalue weighted by atomic mass is 10.0. The fourth-order valence-corrected chi connectivity index (χ4v) is 4.70. The molecule has 0 saturated carbocycles. The first-order valence-electron chi connectivity index (χ1n) is 9.60. The maximum Gasteiger partial charge on any atom is 0.224 e. The first kappa shape index (κ1) is 20.0. The van der Waals surface area contributed by atoms with Crippen molar-refractivity contribution >= 4 is 17.2 Å². The van der Waals surface area contributed by atoms with Gasteiger partial charge in [-0.3, -0.25) is 9.69 Å². The number of nitrogens with one attached hydrogen (secondary N) is 1. The molecule has 146 valence electrons. The van der Waals surface area contributed by atoms with Crippen LogP contribution < -0.4 is 5.32 Å². The van der Waals surface area contributed by atoms with Crippen LogP contribution in [-0.2, 0) is 11.2 Å². The number of thiophene rings is 1. The highest BCUT2D eigenvalue weighted by molar-refractivity contribution is 7.10. The number of benzene rings is 1. The summed E-state index contributed by atoms with van der Waals surface area (Å²) in [5.41, 5.74) is 0.824. The zero-order chi connectivity index (χ0) is 19.2. The quantitative estimate of drug-likeness (QED) is 0.789. The van der Waals surface area contributed by atoms with Crippen molar-refractivity contribution in [2.45, 2.75) is 32.4 Å². The lowest BCUT2D eigenvalue weighted by Gasteiger charge is -2.41. The molecule has 3 rings (SSSR count). The van der Waals surface area contributed by atoms with Crippen LogP contribution in [0.15, 0.2) is 41.8 Å². The highest BCUT2D eigenvalue weighted by Crippen LogP contribution is 2.29. The Hall–Kier alpha value is -1.76. The summed E-state index contributed by atoms with van der Waals surface area (Å²) in [5, 5.41) is 5.27. The minimum atomic E-state index is -0.281. The third kappa shape index (κ3) is 5.37. The molecular formula is C21H28FN3OS. The van der Waals surface area contributed by atoms with Crippen LogP contribution in [0.2, 0.25) is 0 Å². The van der Waals surface area contributed by atoms with Crippen LogP contribution in [-0.4, -0.2) is 54.5 Å². The Bertz CT molecular complexity index is 712. The zero-order valence-corrected chi connectivity index (χ0v) is 16.8. The fraction of sp³-hybridized carbons (Fsp3) is 0.476. The van der Waals surface area contributed by atoms with Crippen LogP contribution in [0.3, 0.4) is 0 Å². The molecule has 1 aromatic carbocycles. The van der Waals surface area contributed by atoms with Crippen molar-refractivity contribution in [3.8, 4) is 0 Å². The van der Waals surface area contributed by atoms with E-state index in [2.05, 4.69) is 46.5 Å². The van der Waals surface area contributed by atoms with E-state index >= 15 is 0 Å². The lowest BCUT2D eigenvalue weighted by molar-refractivity contribution is -0.121. The van der Waals surface area contributed by atoms with Crippen molar-refractivity contribution in [1.29, 1.82) is 0 Å². The number of nitrogens with zero attached hydrogens (tertiary/aromatic N) is 2. The van der Waals surface area contributed by atoms with Crippen LogP contribution in [0.5, 0.6) is 0 Å². The van der Waals surface area contributed by atoms with E-state index in [0.717, 1.165) is 38.3 Å². The molecule has 2 atom stereocenters. The lowest BCUT2D eigenvalue weighted by Crippen LogP contribution is -2.52. The van der Waals surface area contributed by atoms with E-state index in [0.29, 0.717) is 0 Å². The SMILES string of the molecule is CCN1CCN([C@@H](c2cccs2)[C@@H](C)NC(=O)Cc2ccc(F)cc2)CC1. The Morgan fingerprint density at radius 1 is 1.19 bits per heavy atom. The maximum atomic E-state index is 13.0. The Labute approximate surface area is 165 Å². The number of likely N-dealkylation sites (N-methyl/N-ethyl adjacent to an activating group) is 1. The molecule has 1 aliphatic rings. The molecule has 1 amide bonds. The number of carbonyl (C=O) groups excluding carboxylic acids is 1. The predicted molar refractivity (Wildman–Crippen MR) is 108 cm³/mol. The Balaban J connectivity index is 1.65. The summed E-state index contributed by atoms with van der Waals surface area (Å²) in [6.45, 7) is 9.51. The second kappa shape index (κ2) is 9.44. The summed E-state index contributed by atoms with van der Waals surface area (Å²) < 4.78 is 13.0. The number of hydrogen-bond acceptors (Lipinski definition) is 4. The molecule has 1 N–H and O–H groups in total. The van der Waals surface area contributed by atoms with Gasteiger partial charge in [-0.15, -0.1) is 11.3 Å². The van der Waals surface area contributed by atoms with Gasteiger partial charge in [0, 0.05) is 37.1 Å². The first-order valence-corrected chi connectivity index (χ1v) is 10.5. The number of amides is 1. The number of rotatable bonds is 7. The third-order valence-electron chi connectivity index (χ3n) is 5.22. The van der Waals surface area contributed by atoms with E-state index in [1.54, 1.807) is 23.5 Å². The number of carbonyl (C=O) groups is 1. The molecule has 1 saturated heterocycles. The van der Waals surface area contributed by atoms with Crippen LogP contribution in [0, 0.1) is 5.82 Å². The van der Waals surface area contributed by atoms with Crippen LogP contribution in [0.4, 0.5) is 4.39 Å².